The van der Waals surface area contributed by atoms with E-state index in [1.54, 1.807) is 42.5 Å². The fourth-order valence-electron chi connectivity index (χ4n) is 4.85. The molecule has 2 fully saturated rings. The topological polar surface area (TPSA) is 102 Å². The number of nitrogens with one attached hydrogen (secondary N) is 1. The van der Waals surface area contributed by atoms with E-state index in [1.165, 1.54) is 16.9 Å². The van der Waals surface area contributed by atoms with Gasteiger partial charge in [-0.2, -0.15) is 0 Å². The average Bonchev–Trinajstić information content (AvgIpc) is 3.20. The summed E-state index contributed by atoms with van der Waals surface area (Å²) in [5.74, 6) is -0.227. The van der Waals surface area contributed by atoms with Crippen LogP contribution < -0.4 is 24.2 Å². The van der Waals surface area contributed by atoms with Gasteiger partial charge in [0.2, 0.25) is 5.78 Å². The number of nitrogens with zero attached hydrogens (tertiary/aromatic N) is 1. The minimum atomic E-state index is -0.830. The van der Waals surface area contributed by atoms with Gasteiger partial charge >= 0.3 is 0 Å². The number of ketones is 1. The van der Waals surface area contributed by atoms with Crippen molar-refractivity contribution in [1.29, 1.82) is 0 Å². The Bertz CT molecular complexity index is 1160. The maximum absolute atomic E-state index is 13.7. The Morgan fingerprint density at radius 2 is 1.79 bits per heavy atom. The standard InChI is InChI=1S/C29H36N2O7/c1-4-16-38-23-11-8-21(19-24(23)35-3)26-25(27(32)20-6-9-22(10-7-20)37-5-2)28(33)29(34)31(26)13-12-30-14-17-36-18-15-30/h6-11,19,26,32H,4-5,12-18H2,1-3H3. The molecule has 4 rings (SSSR count). The fourth-order valence-corrected chi connectivity index (χ4v) is 4.85. The Morgan fingerprint density at radius 1 is 1.05 bits per heavy atom. The molecule has 2 saturated heterocycles. The van der Waals surface area contributed by atoms with Crippen LogP contribution in [-0.4, -0.2) is 76.3 Å². The number of rotatable bonds is 11. The SMILES string of the molecule is CCCOc1ccc(C2C(=C([O-])c3ccc(OCC)cc3)C(=O)C(=O)N2CC[NH+]2CCOCC2)cc1OC. The van der Waals surface area contributed by atoms with E-state index >= 15 is 0 Å². The van der Waals surface area contributed by atoms with E-state index < -0.39 is 23.5 Å². The highest BCUT2D eigenvalue weighted by Gasteiger charge is 2.44. The number of hydrogen-bond donors (Lipinski definition) is 1. The van der Waals surface area contributed by atoms with Crippen LogP contribution in [0.3, 0.4) is 0 Å². The predicted octanol–water partition coefficient (Wildman–Crippen LogP) is 1.02. The number of methoxy groups -OCH3 is 1. The monoisotopic (exact) mass is 524 g/mol. The van der Waals surface area contributed by atoms with Crippen molar-refractivity contribution in [2.24, 2.45) is 0 Å². The second-order valence-corrected chi connectivity index (χ2v) is 9.30. The van der Waals surface area contributed by atoms with Crippen molar-refractivity contribution >= 4 is 17.4 Å². The number of hydrogen-bond acceptors (Lipinski definition) is 7. The summed E-state index contributed by atoms with van der Waals surface area (Å²) < 4.78 is 22.3. The van der Waals surface area contributed by atoms with Gasteiger partial charge in [-0.3, -0.25) is 9.59 Å². The van der Waals surface area contributed by atoms with Gasteiger partial charge in [-0.05, 0) is 48.7 Å². The smallest absolute Gasteiger partial charge is 0.295 e. The molecule has 9 nitrogen and oxygen atoms in total. The number of ether oxygens (including phenoxy) is 4. The predicted molar refractivity (Wildman–Crippen MR) is 139 cm³/mol. The van der Waals surface area contributed by atoms with E-state index in [9.17, 15) is 14.7 Å². The van der Waals surface area contributed by atoms with E-state index in [-0.39, 0.29) is 5.57 Å². The Hall–Kier alpha value is -3.56. The maximum Gasteiger partial charge on any atom is 0.295 e. The minimum Gasteiger partial charge on any atom is -0.872 e. The molecule has 1 unspecified atom stereocenters. The largest absolute Gasteiger partial charge is 0.872 e. The van der Waals surface area contributed by atoms with Gasteiger partial charge < -0.3 is 33.9 Å². The molecule has 2 heterocycles. The Balaban J connectivity index is 1.74. The number of amides is 1. The zero-order chi connectivity index (χ0) is 27.1. The summed E-state index contributed by atoms with van der Waals surface area (Å²) in [6.07, 6.45) is 0.836. The number of carbonyl (C=O) groups excluding carboxylic acids is 2. The number of benzene rings is 2. The van der Waals surface area contributed by atoms with Crippen LogP contribution >= 0.6 is 0 Å². The van der Waals surface area contributed by atoms with Crippen molar-refractivity contribution < 1.29 is 38.5 Å². The maximum atomic E-state index is 13.7. The third-order valence-corrected chi connectivity index (χ3v) is 6.83. The molecule has 0 spiro atoms. The lowest BCUT2D eigenvalue weighted by Crippen LogP contribution is -3.14. The third-order valence-electron chi connectivity index (χ3n) is 6.83. The van der Waals surface area contributed by atoms with Crippen molar-refractivity contribution in [1.82, 2.24) is 4.90 Å². The molecule has 204 valence electrons. The van der Waals surface area contributed by atoms with Gasteiger partial charge in [0.25, 0.3) is 5.91 Å². The van der Waals surface area contributed by atoms with E-state index in [0.29, 0.717) is 67.9 Å². The summed E-state index contributed by atoms with van der Waals surface area (Å²) >= 11 is 0. The molecule has 1 N–H and O–H groups in total. The van der Waals surface area contributed by atoms with Gasteiger partial charge in [-0.1, -0.05) is 30.9 Å². The summed E-state index contributed by atoms with van der Waals surface area (Å²) in [6.45, 7) is 8.89. The zero-order valence-corrected chi connectivity index (χ0v) is 22.3. The summed E-state index contributed by atoms with van der Waals surface area (Å²) in [5.41, 5.74) is 0.890. The number of quaternary nitrogens is 1. The van der Waals surface area contributed by atoms with Crippen LogP contribution in [0.2, 0.25) is 0 Å². The summed E-state index contributed by atoms with van der Waals surface area (Å²) in [6, 6.07) is 11.1. The summed E-state index contributed by atoms with van der Waals surface area (Å²) in [5, 5.41) is 13.7. The lowest BCUT2D eigenvalue weighted by atomic mass is 9.95. The summed E-state index contributed by atoms with van der Waals surface area (Å²) in [7, 11) is 1.54. The molecule has 1 atom stereocenters. The van der Waals surface area contributed by atoms with Crippen LogP contribution in [0, 0.1) is 0 Å². The summed E-state index contributed by atoms with van der Waals surface area (Å²) in [4.78, 5) is 29.5. The molecule has 0 aromatic heterocycles. The molecule has 0 saturated carbocycles. The van der Waals surface area contributed by atoms with Crippen molar-refractivity contribution in [3.8, 4) is 17.2 Å². The van der Waals surface area contributed by atoms with E-state index in [4.69, 9.17) is 18.9 Å². The van der Waals surface area contributed by atoms with E-state index in [0.717, 1.165) is 19.5 Å². The molecule has 9 heteroatoms. The van der Waals surface area contributed by atoms with Crippen molar-refractivity contribution in [3.05, 3.63) is 59.2 Å². The van der Waals surface area contributed by atoms with Gasteiger partial charge in [-0.15, -0.1) is 0 Å². The fraction of sp³-hybridized carbons (Fsp3) is 0.448. The number of likely N-dealkylation sites (tertiary alicyclic amines) is 1. The second-order valence-electron chi connectivity index (χ2n) is 9.30. The molecule has 2 aromatic rings. The molecule has 38 heavy (non-hydrogen) atoms. The number of Topliss-reactive ketones (excluding diaryl/α,β-unsaturated/α-hetero) is 1. The highest BCUT2D eigenvalue weighted by Crippen LogP contribution is 2.41. The lowest BCUT2D eigenvalue weighted by molar-refractivity contribution is -0.907. The molecule has 2 aliphatic rings. The first kappa shape index (κ1) is 27.5. The molecule has 2 aliphatic heterocycles. The third kappa shape index (κ3) is 5.95. The first-order chi connectivity index (χ1) is 18.5. The first-order valence-electron chi connectivity index (χ1n) is 13.2. The van der Waals surface area contributed by atoms with E-state index in [2.05, 4.69) is 0 Å². The van der Waals surface area contributed by atoms with Crippen LogP contribution in [0.5, 0.6) is 17.2 Å². The van der Waals surface area contributed by atoms with Crippen molar-refractivity contribution in [2.75, 3.05) is 59.7 Å². The molecule has 0 bridgehead atoms. The Labute approximate surface area is 223 Å². The van der Waals surface area contributed by atoms with Crippen molar-refractivity contribution in [3.63, 3.8) is 0 Å². The quantitative estimate of drug-likeness (QED) is 0.266. The molecular weight excluding hydrogens is 488 g/mol. The van der Waals surface area contributed by atoms with E-state index in [1.807, 2.05) is 13.8 Å². The van der Waals surface area contributed by atoms with Crippen LogP contribution in [-0.2, 0) is 14.3 Å². The van der Waals surface area contributed by atoms with Gasteiger partial charge in [0.15, 0.2) is 11.5 Å². The van der Waals surface area contributed by atoms with Gasteiger partial charge in [0, 0.05) is 5.57 Å². The van der Waals surface area contributed by atoms with Gasteiger partial charge in [0.1, 0.15) is 18.8 Å². The van der Waals surface area contributed by atoms with Crippen LogP contribution in [0.4, 0.5) is 0 Å². The molecule has 2 aromatic carbocycles. The van der Waals surface area contributed by atoms with Gasteiger partial charge in [0.05, 0.1) is 52.7 Å². The normalized spacial score (nSPS) is 19.6. The van der Waals surface area contributed by atoms with Crippen LogP contribution in [0.25, 0.3) is 5.76 Å². The number of carbonyl (C=O) groups is 2. The molecular formula is C29H36N2O7. The molecule has 0 radical (unpaired) electrons. The van der Waals surface area contributed by atoms with Crippen LogP contribution in [0.1, 0.15) is 37.4 Å². The van der Waals surface area contributed by atoms with Crippen molar-refractivity contribution in [2.45, 2.75) is 26.3 Å². The zero-order valence-electron chi connectivity index (χ0n) is 22.3. The van der Waals surface area contributed by atoms with Crippen LogP contribution in [0.15, 0.2) is 48.0 Å². The second kappa shape index (κ2) is 12.8. The average molecular weight is 525 g/mol. The highest BCUT2D eigenvalue weighted by molar-refractivity contribution is 6.46. The molecule has 0 aliphatic carbocycles. The number of morpholine rings is 1. The van der Waals surface area contributed by atoms with Gasteiger partial charge in [-0.25, -0.2) is 0 Å². The first-order valence-corrected chi connectivity index (χ1v) is 13.2. The Kier molecular flexibility index (Phi) is 9.25. The highest BCUT2D eigenvalue weighted by atomic mass is 16.5. The minimum absolute atomic E-state index is 0.0552. The lowest BCUT2D eigenvalue weighted by Gasteiger charge is -2.30. The Morgan fingerprint density at radius 3 is 2.45 bits per heavy atom. The molecule has 1 amide bonds.